The monoisotopic (exact) mass is 278 g/mol. The highest BCUT2D eigenvalue weighted by molar-refractivity contribution is 5.22. The van der Waals surface area contributed by atoms with Gasteiger partial charge in [0, 0.05) is 25.7 Å². The Kier molecular flexibility index (Phi) is 6.66. The van der Waals surface area contributed by atoms with Crippen molar-refractivity contribution < 1.29 is 5.11 Å². The van der Waals surface area contributed by atoms with Crippen LogP contribution >= 0.6 is 0 Å². The van der Waals surface area contributed by atoms with E-state index in [0.29, 0.717) is 18.4 Å². The van der Waals surface area contributed by atoms with Crippen molar-refractivity contribution in [2.24, 2.45) is 11.7 Å². The second-order valence-electron chi connectivity index (χ2n) is 6.33. The molecule has 1 atom stereocenters. The first-order chi connectivity index (χ1) is 9.39. The molecule has 3 N–H and O–H groups in total. The SMILES string of the molecule is CC(C)CN(CCC(O)(CN)c1ccccc1)C(C)C. The van der Waals surface area contributed by atoms with E-state index in [0.717, 1.165) is 18.7 Å². The lowest BCUT2D eigenvalue weighted by Crippen LogP contribution is -2.42. The molecule has 1 aromatic rings. The van der Waals surface area contributed by atoms with Gasteiger partial charge in [-0.25, -0.2) is 0 Å². The smallest absolute Gasteiger partial charge is 0.103 e. The minimum atomic E-state index is -0.925. The Morgan fingerprint density at radius 3 is 2.20 bits per heavy atom. The molecule has 0 aliphatic rings. The van der Waals surface area contributed by atoms with Crippen LogP contribution in [0.15, 0.2) is 30.3 Å². The summed E-state index contributed by atoms with van der Waals surface area (Å²) in [5.74, 6) is 0.625. The van der Waals surface area contributed by atoms with Crippen LogP contribution in [0.1, 0.15) is 39.7 Å². The van der Waals surface area contributed by atoms with E-state index >= 15 is 0 Å². The number of aliphatic hydroxyl groups is 1. The molecule has 0 aromatic heterocycles. The molecule has 3 nitrogen and oxygen atoms in total. The number of hydrogen-bond acceptors (Lipinski definition) is 3. The summed E-state index contributed by atoms with van der Waals surface area (Å²) >= 11 is 0. The Bertz CT molecular complexity index is 378. The van der Waals surface area contributed by atoms with Crippen molar-refractivity contribution >= 4 is 0 Å². The highest BCUT2D eigenvalue weighted by Gasteiger charge is 2.28. The van der Waals surface area contributed by atoms with Crippen LogP contribution in [0.4, 0.5) is 0 Å². The molecule has 0 bridgehead atoms. The van der Waals surface area contributed by atoms with Crippen molar-refractivity contribution in [3.63, 3.8) is 0 Å². The minimum absolute atomic E-state index is 0.255. The lowest BCUT2D eigenvalue weighted by atomic mass is 9.90. The number of hydrogen-bond donors (Lipinski definition) is 2. The molecule has 1 rings (SSSR count). The zero-order chi connectivity index (χ0) is 15.2. The molecule has 1 unspecified atom stereocenters. The maximum atomic E-state index is 10.8. The summed E-state index contributed by atoms with van der Waals surface area (Å²) in [7, 11) is 0. The van der Waals surface area contributed by atoms with Gasteiger partial charge in [0.05, 0.1) is 0 Å². The molecule has 0 amide bonds. The predicted octanol–water partition coefficient (Wildman–Crippen LogP) is 2.59. The number of nitrogens with two attached hydrogens (primary N) is 1. The van der Waals surface area contributed by atoms with Gasteiger partial charge in [-0.3, -0.25) is 0 Å². The molecule has 0 aliphatic heterocycles. The van der Waals surface area contributed by atoms with Gasteiger partial charge in [0.1, 0.15) is 5.60 Å². The van der Waals surface area contributed by atoms with E-state index in [-0.39, 0.29) is 6.54 Å². The van der Waals surface area contributed by atoms with E-state index in [1.54, 1.807) is 0 Å². The lowest BCUT2D eigenvalue weighted by Gasteiger charge is -2.33. The van der Waals surface area contributed by atoms with Crippen LogP contribution in [-0.4, -0.2) is 35.7 Å². The summed E-state index contributed by atoms with van der Waals surface area (Å²) in [4.78, 5) is 2.41. The third-order valence-corrected chi connectivity index (χ3v) is 3.79. The molecule has 0 aliphatic carbocycles. The maximum Gasteiger partial charge on any atom is 0.103 e. The fraction of sp³-hybridized carbons (Fsp3) is 0.647. The van der Waals surface area contributed by atoms with Crippen LogP contribution in [0.3, 0.4) is 0 Å². The van der Waals surface area contributed by atoms with Gasteiger partial charge in [-0.05, 0) is 31.7 Å². The van der Waals surface area contributed by atoms with Crippen LogP contribution in [0.2, 0.25) is 0 Å². The second-order valence-corrected chi connectivity index (χ2v) is 6.33. The summed E-state index contributed by atoms with van der Waals surface area (Å²) < 4.78 is 0. The zero-order valence-electron chi connectivity index (χ0n) is 13.3. The van der Waals surface area contributed by atoms with E-state index < -0.39 is 5.60 Å². The van der Waals surface area contributed by atoms with Gasteiger partial charge in [0.25, 0.3) is 0 Å². The first kappa shape index (κ1) is 17.2. The highest BCUT2D eigenvalue weighted by Crippen LogP contribution is 2.24. The van der Waals surface area contributed by atoms with Gasteiger partial charge < -0.3 is 15.7 Å². The molecule has 0 saturated carbocycles. The molecule has 0 fully saturated rings. The first-order valence-electron chi connectivity index (χ1n) is 7.61. The van der Waals surface area contributed by atoms with Gasteiger partial charge in [0.15, 0.2) is 0 Å². The second kappa shape index (κ2) is 7.77. The van der Waals surface area contributed by atoms with Crippen LogP contribution in [0.25, 0.3) is 0 Å². The van der Waals surface area contributed by atoms with E-state index in [9.17, 15) is 5.11 Å². The van der Waals surface area contributed by atoms with Crippen LogP contribution in [0.5, 0.6) is 0 Å². The fourth-order valence-corrected chi connectivity index (χ4v) is 2.47. The van der Waals surface area contributed by atoms with Crippen molar-refractivity contribution in [3.05, 3.63) is 35.9 Å². The summed E-state index contributed by atoms with van der Waals surface area (Å²) in [6.07, 6.45) is 0.665. The van der Waals surface area contributed by atoms with Crippen LogP contribution < -0.4 is 5.73 Å². The summed E-state index contributed by atoms with van der Waals surface area (Å²) in [5, 5.41) is 10.8. The largest absolute Gasteiger partial charge is 0.384 e. The zero-order valence-corrected chi connectivity index (χ0v) is 13.3. The number of benzene rings is 1. The molecular weight excluding hydrogens is 248 g/mol. The molecule has 0 spiro atoms. The average Bonchev–Trinajstić information content (AvgIpc) is 2.43. The molecule has 20 heavy (non-hydrogen) atoms. The van der Waals surface area contributed by atoms with Gasteiger partial charge in [-0.1, -0.05) is 44.2 Å². The quantitative estimate of drug-likeness (QED) is 0.768. The number of nitrogens with zero attached hydrogens (tertiary/aromatic N) is 1. The number of rotatable bonds is 8. The van der Waals surface area contributed by atoms with E-state index in [1.165, 1.54) is 0 Å². The molecule has 0 radical (unpaired) electrons. The van der Waals surface area contributed by atoms with Crippen molar-refractivity contribution in [1.82, 2.24) is 4.90 Å². The van der Waals surface area contributed by atoms with Gasteiger partial charge >= 0.3 is 0 Å². The Hall–Kier alpha value is -0.900. The normalized spacial score (nSPS) is 15.1. The molecular formula is C17H30N2O. The Labute approximate surface area is 123 Å². The standard InChI is InChI=1S/C17H30N2O/c1-14(2)12-19(15(3)4)11-10-17(20,13-18)16-8-6-5-7-9-16/h5-9,14-15,20H,10-13,18H2,1-4H3. The molecule has 114 valence electrons. The van der Waals surface area contributed by atoms with Gasteiger partial charge in [0.2, 0.25) is 0 Å². The summed E-state index contributed by atoms with van der Waals surface area (Å²) in [6.45, 7) is 11.0. The maximum absolute atomic E-state index is 10.8. The minimum Gasteiger partial charge on any atom is -0.384 e. The molecule has 0 saturated heterocycles. The third-order valence-electron chi connectivity index (χ3n) is 3.79. The van der Waals surface area contributed by atoms with Crippen molar-refractivity contribution in [2.75, 3.05) is 19.6 Å². The Morgan fingerprint density at radius 1 is 1.15 bits per heavy atom. The lowest BCUT2D eigenvalue weighted by molar-refractivity contribution is 0.0209. The molecule has 1 aromatic carbocycles. The van der Waals surface area contributed by atoms with Crippen molar-refractivity contribution in [3.8, 4) is 0 Å². The van der Waals surface area contributed by atoms with Crippen LogP contribution in [-0.2, 0) is 5.60 Å². The topological polar surface area (TPSA) is 49.5 Å². The molecule has 0 heterocycles. The fourth-order valence-electron chi connectivity index (χ4n) is 2.47. The summed E-state index contributed by atoms with van der Waals surface area (Å²) in [6, 6.07) is 10.2. The molecule has 3 heteroatoms. The van der Waals surface area contributed by atoms with E-state index in [4.69, 9.17) is 5.73 Å². The Balaban J connectivity index is 2.73. The van der Waals surface area contributed by atoms with Crippen molar-refractivity contribution in [2.45, 2.75) is 45.8 Å². The predicted molar refractivity (Wildman–Crippen MR) is 85.6 cm³/mol. The van der Waals surface area contributed by atoms with E-state index in [2.05, 4.69) is 32.6 Å². The third kappa shape index (κ3) is 4.89. The first-order valence-corrected chi connectivity index (χ1v) is 7.61. The van der Waals surface area contributed by atoms with Gasteiger partial charge in [-0.15, -0.1) is 0 Å². The summed E-state index contributed by atoms with van der Waals surface area (Å²) in [5.41, 5.74) is 5.82. The van der Waals surface area contributed by atoms with Gasteiger partial charge in [-0.2, -0.15) is 0 Å². The Morgan fingerprint density at radius 2 is 1.75 bits per heavy atom. The van der Waals surface area contributed by atoms with E-state index in [1.807, 2.05) is 30.3 Å². The van der Waals surface area contributed by atoms with Crippen LogP contribution in [0, 0.1) is 5.92 Å². The average molecular weight is 278 g/mol. The highest BCUT2D eigenvalue weighted by atomic mass is 16.3. The van der Waals surface area contributed by atoms with Crippen molar-refractivity contribution in [1.29, 1.82) is 0 Å².